The number of ether oxygens (including phenoxy) is 1. The van der Waals surface area contributed by atoms with Gasteiger partial charge in [0.2, 0.25) is 0 Å². The highest BCUT2D eigenvalue weighted by Crippen LogP contribution is 2.16. The molecule has 1 saturated heterocycles. The van der Waals surface area contributed by atoms with E-state index in [1.54, 1.807) is 0 Å². The van der Waals surface area contributed by atoms with Gasteiger partial charge in [-0.15, -0.1) is 0 Å². The molecule has 2 atom stereocenters. The first-order valence-corrected chi connectivity index (χ1v) is 6.77. The van der Waals surface area contributed by atoms with Crippen molar-refractivity contribution in [2.24, 2.45) is 5.92 Å². The first-order chi connectivity index (χ1) is 8.79. The molecule has 18 heavy (non-hydrogen) atoms. The van der Waals surface area contributed by atoms with E-state index in [4.69, 9.17) is 4.74 Å². The van der Waals surface area contributed by atoms with Gasteiger partial charge in [-0.25, -0.2) is 0 Å². The number of hydrogen-bond donors (Lipinski definition) is 1. The zero-order valence-electron chi connectivity index (χ0n) is 11.4. The Morgan fingerprint density at radius 2 is 2.11 bits per heavy atom. The lowest BCUT2D eigenvalue weighted by Gasteiger charge is -2.34. The van der Waals surface area contributed by atoms with E-state index < -0.39 is 0 Å². The van der Waals surface area contributed by atoms with Crippen molar-refractivity contribution < 1.29 is 4.74 Å². The van der Waals surface area contributed by atoms with E-state index in [9.17, 15) is 0 Å². The van der Waals surface area contributed by atoms with Crippen LogP contribution in [0.5, 0.6) is 0 Å². The van der Waals surface area contributed by atoms with Gasteiger partial charge in [-0.2, -0.15) is 0 Å². The fourth-order valence-corrected chi connectivity index (χ4v) is 2.72. The zero-order valence-corrected chi connectivity index (χ0v) is 11.4. The predicted molar refractivity (Wildman–Crippen MR) is 74.5 cm³/mol. The Labute approximate surface area is 110 Å². The van der Waals surface area contributed by atoms with Crippen LogP contribution < -0.4 is 5.32 Å². The molecular formula is C15H24N2O. The molecule has 100 valence electrons. The van der Waals surface area contributed by atoms with Crippen LogP contribution in [-0.4, -0.2) is 44.8 Å². The molecule has 1 N–H and O–H groups in total. The van der Waals surface area contributed by atoms with Crippen LogP contribution >= 0.6 is 0 Å². The molecule has 1 aliphatic heterocycles. The fraction of sp³-hybridized carbons (Fsp3) is 0.600. The Hall–Kier alpha value is -0.900. The van der Waals surface area contributed by atoms with Crippen LogP contribution in [0.3, 0.4) is 0 Å². The smallest absolute Gasteiger partial charge is 0.0521 e. The summed E-state index contributed by atoms with van der Waals surface area (Å²) in [5.41, 5.74) is 1.37. The summed E-state index contributed by atoms with van der Waals surface area (Å²) in [5, 5.41) is 3.42. The van der Waals surface area contributed by atoms with Gasteiger partial charge in [0.1, 0.15) is 0 Å². The maximum Gasteiger partial charge on any atom is 0.0521 e. The van der Waals surface area contributed by atoms with Crippen molar-refractivity contribution in [2.75, 3.05) is 33.9 Å². The third-order valence-corrected chi connectivity index (χ3v) is 3.69. The highest BCUT2D eigenvalue weighted by atomic mass is 16.5. The van der Waals surface area contributed by atoms with Crippen LogP contribution in [0.1, 0.15) is 12.0 Å². The molecule has 3 heteroatoms. The normalized spacial score (nSPS) is 24.4. The molecule has 0 radical (unpaired) electrons. The molecule has 0 bridgehead atoms. The third kappa shape index (κ3) is 3.80. The van der Waals surface area contributed by atoms with E-state index in [1.165, 1.54) is 5.56 Å². The van der Waals surface area contributed by atoms with Crippen molar-refractivity contribution in [1.82, 2.24) is 10.2 Å². The van der Waals surface area contributed by atoms with Crippen molar-refractivity contribution in [3.63, 3.8) is 0 Å². The molecule has 0 aliphatic carbocycles. The Morgan fingerprint density at radius 1 is 1.33 bits per heavy atom. The van der Waals surface area contributed by atoms with Gasteiger partial charge in [-0.1, -0.05) is 30.3 Å². The fourth-order valence-electron chi connectivity index (χ4n) is 2.72. The van der Waals surface area contributed by atoms with Crippen LogP contribution in [0.25, 0.3) is 0 Å². The van der Waals surface area contributed by atoms with Crippen molar-refractivity contribution in [3.8, 4) is 0 Å². The average molecular weight is 248 g/mol. The Bertz CT molecular complexity index is 342. The van der Waals surface area contributed by atoms with Gasteiger partial charge in [-0.05, 0) is 26.1 Å². The minimum atomic E-state index is 0.594. The Kier molecular flexibility index (Phi) is 5.17. The summed E-state index contributed by atoms with van der Waals surface area (Å²) in [4.78, 5) is 2.39. The van der Waals surface area contributed by atoms with E-state index in [2.05, 4.69) is 54.6 Å². The van der Waals surface area contributed by atoms with Crippen LogP contribution in [0.2, 0.25) is 0 Å². The van der Waals surface area contributed by atoms with Gasteiger partial charge in [-0.3, -0.25) is 0 Å². The first kappa shape index (κ1) is 13.5. The molecule has 3 nitrogen and oxygen atoms in total. The molecule has 1 aromatic rings. The molecular weight excluding hydrogens is 224 g/mol. The molecule has 2 rings (SSSR count). The van der Waals surface area contributed by atoms with Crippen LogP contribution in [-0.2, 0) is 11.3 Å². The summed E-state index contributed by atoms with van der Waals surface area (Å²) in [7, 11) is 4.24. The van der Waals surface area contributed by atoms with E-state index >= 15 is 0 Å². The van der Waals surface area contributed by atoms with Gasteiger partial charge >= 0.3 is 0 Å². The van der Waals surface area contributed by atoms with Gasteiger partial charge < -0.3 is 15.0 Å². The van der Waals surface area contributed by atoms with Gasteiger partial charge in [0.25, 0.3) is 0 Å². The van der Waals surface area contributed by atoms with Crippen molar-refractivity contribution in [2.45, 2.75) is 19.0 Å². The second kappa shape index (κ2) is 6.88. The monoisotopic (exact) mass is 248 g/mol. The second-order valence-corrected chi connectivity index (χ2v) is 5.20. The minimum Gasteiger partial charge on any atom is -0.381 e. The van der Waals surface area contributed by atoms with E-state index in [-0.39, 0.29) is 0 Å². The lowest BCUT2D eigenvalue weighted by Crippen LogP contribution is -2.45. The molecule has 0 amide bonds. The standard InChI is InChI=1S/C15H24N2O/c1-16-15-8-9-18-12-14(15)11-17(2)10-13-6-4-3-5-7-13/h3-7,14-16H,8-12H2,1-2H3. The third-order valence-electron chi connectivity index (χ3n) is 3.69. The van der Waals surface area contributed by atoms with Crippen molar-refractivity contribution >= 4 is 0 Å². The minimum absolute atomic E-state index is 0.594. The summed E-state index contributed by atoms with van der Waals surface area (Å²) >= 11 is 0. The topological polar surface area (TPSA) is 24.5 Å². The summed E-state index contributed by atoms with van der Waals surface area (Å²) in [5.74, 6) is 0.595. The maximum atomic E-state index is 5.60. The second-order valence-electron chi connectivity index (χ2n) is 5.20. The molecule has 0 spiro atoms. The highest BCUT2D eigenvalue weighted by molar-refractivity contribution is 5.14. The maximum absolute atomic E-state index is 5.60. The molecule has 1 aliphatic rings. The molecule has 1 heterocycles. The van der Waals surface area contributed by atoms with Crippen LogP contribution in [0.15, 0.2) is 30.3 Å². The summed E-state index contributed by atoms with van der Waals surface area (Å²) in [6, 6.07) is 11.2. The average Bonchev–Trinajstić information content (AvgIpc) is 2.40. The number of hydrogen-bond acceptors (Lipinski definition) is 3. The highest BCUT2D eigenvalue weighted by Gasteiger charge is 2.25. The SMILES string of the molecule is CNC1CCOCC1CN(C)Cc1ccccc1. The van der Waals surface area contributed by atoms with Crippen molar-refractivity contribution in [1.29, 1.82) is 0 Å². The number of rotatable bonds is 5. The summed E-state index contributed by atoms with van der Waals surface area (Å²) < 4.78 is 5.60. The lowest BCUT2D eigenvalue weighted by atomic mass is 9.95. The van der Waals surface area contributed by atoms with E-state index in [0.29, 0.717) is 12.0 Å². The first-order valence-electron chi connectivity index (χ1n) is 6.77. The predicted octanol–water partition coefficient (Wildman–Crippen LogP) is 1.74. The van der Waals surface area contributed by atoms with E-state index in [0.717, 1.165) is 32.7 Å². The van der Waals surface area contributed by atoms with Crippen molar-refractivity contribution in [3.05, 3.63) is 35.9 Å². The van der Waals surface area contributed by atoms with Crippen LogP contribution in [0, 0.1) is 5.92 Å². The number of benzene rings is 1. The van der Waals surface area contributed by atoms with Gasteiger partial charge in [0.05, 0.1) is 6.61 Å². The molecule has 0 saturated carbocycles. The zero-order chi connectivity index (χ0) is 12.8. The van der Waals surface area contributed by atoms with Gasteiger partial charge in [0.15, 0.2) is 0 Å². The van der Waals surface area contributed by atoms with Crippen LogP contribution in [0.4, 0.5) is 0 Å². The van der Waals surface area contributed by atoms with E-state index in [1.807, 2.05) is 0 Å². The summed E-state index contributed by atoms with van der Waals surface area (Å²) in [6.07, 6.45) is 1.13. The Balaban J connectivity index is 1.84. The van der Waals surface area contributed by atoms with Gasteiger partial charge in [0, 0.05) is 31.7 Å². The lowest BCUT2D eigenvalue weighted by molar-refractivity contribution is 0.0208. The number of nitrogens with one attached hydrogen (secondary N) is 1. The Morgan fingerprint density at radius 3 is 2.83 bits per heavy atom. The number of nitrogens with zero attached hydrogens (tertiary/aromatic N) is 1. The quantitative estimate of drug-likeness (QED) is 0.859. The molecule has 1 fully saturated rings. The molecule has 1 aromatic carbocycles. The summed E-state index contributed by atoms with van der Waals surface area (Å²) in [6.45, 7) is 3.86. The molecule has 0 aromatic heterocycles. The largest absolute Gasteiger partial charge is 0.381 e. The molecule has 2 unspecified atom stereocenters.